The van der Waals surface area contributed by atoms with Gasteiger partial charge in [-0.15, -0.1) is 0 Å². The molecule has 0 saturated carbocycles. The molecule has 0 aromatic rings. The first-order chi connectivity index (χ1) is 9.43. The molecule has 1 aliphatic carbocycles. The third-order valence-corrected chi connectivity index (χ3v) is 3.80. The fourth-order valence-electron chi connectivity index (χ4n) is 2.89. The van der Waals surface area contributed by atoms with Crippen molar-refractivity contribution < 1.29 is 23.5 Å². The van der Waals surface area contributed by atoms with E-state index >= 15 is 0 Å². The molecule has 1 unspecified atom stereocenters. The smallest absolute Gasteiger partial charge is 0.315 e. The number of primary amides is 1. The average Bonchev–Trinajstić information content (AvgIpc) is 2.75. The van der Waals surface area contributed by atoms with E-state index in [9.17, 15) is 18.8 Å². The monoisotopic (exact) mass is 281 g/mol. The lowest BCUT2D eigenvalue weighted by Gasteiger charge is -2.43. The van der Waals surface area contributed by atoms with Crippen LogP contribution in [0.4, 0.5) is 9.18 Å². The highest BCUT2D eigenvalue weighted by atomic mass is 19.1. The molecule has 1 spiro atoms. The Hall–Kier alpha value is -2.38. The molecule has 20 heavy (non-hydrogen) atoms. The Kier molecular flexibility index (Phi) is 2.56. The van der Waals surface area contributed by atoms with Crippen molar-refractivity contribution in [1.29, 1.82) is 0 Å². The van der Waals surface area contributed by atoms with E-state index in [1.165, 1.54) is 6.08 Å². The Morgan fingerprint density at radius 1 is 1.45 bits per heavy atom. The standard InChI is InChI=1S/C12H12FN3O4/c13-5-1-2-6-8(9(5)17)12(4-15-11(19)16-12)3-7(20-6)10(14)18/h1-2,7-8H,3-4H2,(H2,14,18)(H2,15,16,19)/t7-,8?,12+/m0/s1. The molecule has 0 radical (unpaired) electrons. The third kappa shape index (κ3) is 1.68. The van der Waals surface area contributed by atoms with Gasteiger partial charge in [0.25, 0.3) is 5.91 Å². The molecule has 106 valence electrons. The third-order valence-electron chi connectivity index (χ3n) is 3.80. The van der Waals surface area contributed by atoms with Gasteiger partial charge in [0.1, 0.15) is 11.7 Å². The highest BCUT2D eigenvalue weighted by Gasteiger charge is 2.57. The number of hydrogen-bond acceptors (Lipinski definition) is 4. The van der Waals surface area contributed by atoms with Crippen molar-refractivity contribution in [2.24, 2.45) is 11.7 Å². The zero-order valence-corrected chi connectivity index (χ0v) is 10.3. The van der Waals surface area contributed by atoms with Crippen LogP contribution in [0.3, 0.4) is 0 Å². The molecule has 4 N–H and O–H groups in total. The highest BCUT2D eigenvalue weighted by molar-refractivity contribution is 6.00. The van der Waals surface area contributed by atoms with Crippen LogP contribution in [0.5, 0.6) is 0 Å². The van der Waals surface area contributed by atoms with Crippen molar-refractivity contribution in [3.63, 3.8) is 0 Å². The lowest BCUT2D eigenvalue weighted by molar-refractivity contribution is -0.138. The SMILES string of the molecule is NC(=O)[C@@H]1C[C@@]2(CNC(=O)N2)C2C(=O)C(F)=CC=C2O1. The number of halogens is 1. The van der Waals surface area contributed by atoms with Gasteiger partial charge >= 0.3 is 6.03 Å². The quantitative estimate of drug-likeness (QED) is 0.587. The van der Waals surface area contributed by atoms with Crippen LogP contribution in [0.15, 0.2) is 23.7 Å². The van der Waals surface area contributed by atoms with Gasteiger partial charge in [-0.2, -0.15) is 0 Å². The van der Waals surface area contributed by atoms with Crippen molar-refractivity contribution in [3.05, 3.63) is 23.7 Å². The molecule has 2 aliphatic heterocycles. The van der Waals surface area contributed by atoms with Crippen molar-refractivity contribution >= 4 is 17.7 Å². The molecular weight excluding hydrogens is 269 g/mol. The van der Waals surface area contributed by atoms with Crippen LogP contribution in [0, 0.1) is 5.92 Å². The van der Waals surface area contributed by atoms with Gasteiger partial charge in [-0.3, -0.25) is 9.59 Å². The summed E-state index contributed by atoms with van der Waals surface area (Å²) in [6, 6.07) is -0.475. The number of carbonyl (C=O) groups is 3. The highest BCUT2D eigenvalue weighted by Crippen LogP contribution is 2.41. The van der Waals surface area contributed by atoms with Gasteiger partial charge in [-0.1, -0.05) is 0 Å². The zero-order valence-electron chi connectivity index (χ0n) is 10.3. The van der Waals surface area contributed by atoms with Crippen LogP contribution in [-0.4, -0.2) is 35.9 Å². The summed E-state index contributed by atoms with van der Waals surface area (Å²) in [7, 11) is 0. The number of nitrogens with one attached hydrogen (secondary N) is 2. The minimum atomic E-state index is -1.09. The van der Waals surface area contributed by atoms with Gasteiger partial charge in [0.15, 0.2) is 11.9 Å². The predicted molar refractivity (Wildman–Crippen MR) is 63.7 cm³/mol. The molecule has 7 nitrogen and oxygen atoms in total. The Morgan fingerprint density at radius 3 is 2.80 bits per heavy atom. The first-order valence-electron chi connectivity index (χ1n) is 6.06. The van der Waals surface area contributed by atoms with E-state index in [1.54, 1.807) is 0 Å². The molecule has 3 aliphatic rings. The molecule has 3 atom stereocenters. The second kappa shape index (κ2) is 4.06. The number of allylic oxidation sites excluding steroid dienone is 3. The molecule has 2 heterocycles. The van der Waals surface area contributed by atoms with Gasteiger partial charge in [0, 0.05) is 13.0 Å². The van der Waals surface area contributed by atoms with E-state index in [0.29, 0.717) is 0 Å². The van der Waals surface area contributed by atoms with E-state index < -0.39 is 41.1 Å². The molecule has 0 bridgehead atoms. The minimum absolute atomic E-state index is 0.0160. The van der Waals surface area contributed by atoms with Gasteiger partial charge in [0.2, 0.25) is 5.78 Å². The first kappa shape index (κ1) is 12.6. The lowest BCUT2D eigenvalue weighted by atomic mass is 9.72. The number of hydrogen-bond donors (Lipinski definition) is 3. The summed E-state index contributed by atoms with van der Waals surface area (Å²) in [5, 5.41) is 5.14. The number of urea groups is 1. The number of fused-ring (bicyclic) bond motifs is 2. The fraction of sp³-hybridized carbons (Fsp3) is 0.417. The largest absolute Gasteiger partial charge is 0.484 e. The number of nitrogens with two attached hydrogens (primary N) is 1. The number of Topliss-reactive ketones (excluding diaryl/α,β-unsaturated/α-hetero) is 1. The van der Waals surface area contributed by atoms with Crippen LogP contribution in [0.25, 0.3) is 0 Å². The maximum Gasteiger partial charge on any atom is 0.315 e. The summed E-state index contributed by atoms with van der Waals surface area (Å²) in [5.41, 5.74) is 4.14. The number of rotatable bonds is 1. The van der Waals surface area contributed by atoms with Gasteiger partial charge in [-0.05, 0) is 12.2 Å². The van der Waals surface area contributed by atoms with Crippen molar-refractivity contribution in [3.8, 4) is 0 Å². The lowest BCUT2D eigenvalue weighted by Crippen LogP contribution is -2.61. The normalized spacial score (nSPS) is 35.5. The fourth-order valence-corrected chi connectivity index (χ4v) is 2.89. The van der Waals surface area contributed by atoms with Gasteiger partial charge in [-0.25, -0.2) is 9.18 Å². The number of carbonyl (C=O) groups excluding carboxylic acids is 3. The summed E-state index contributed by atoms with van der Waals surface area (Å²) < 4.78 is 18.9. The van der Waals surface area contributed by atoms with Crippen LogP contribution >= 0.6 is 0 Å². The molecule has 2 saturated heterocycles. The van der Waals surface area contributed by atoms with Crippen LogP contribution in [-0.2, 0) is 14.3 Å². The second-order valence-electron chi connectivity index (χ2n) is 5.06. The minimum Gasteiger partial charge on any atom is -0.484 e. The maximum absolute atomic E-state index is 13.5. The van der Waals surface area contributed by atoms with E-state index in [2.05, 4.69) is 10.6 Å². The summed E-state index contributed by atoms with van der Waals surface area (Å²) in [5.74, 6) is -3.21. The molecule has 3 rings (SSSR count). The van der Waals surface area contributed by atoms with Gasteiger partial charge in [0.05, 0.1) is 5.54 Å². The van der Waals surface area contributed by atoms with Crippen LogP contribution in [0.2, 0.25) is 0 Å². The Balaban J connectivity index is 2.05. The van der Waals surface area contributed by atoms with E-state index in [0.717, 1.165) is 6.08 Å². The summed E-state index contributed by atoms with van der Waals surface area (Å²) in [6.07, 6.45) is 1.32. The van der Waals surface area contributed by atoms with Crippen LogP contribution < -0.4 is 16.4 Å². The predicted octanol–water partition coefficient (Wildman–Crippen LogP) is -0.752. The van der Waals surface area contributed by atoms with E-state index in [4.69, 9.17) is 10.5 Å². The number of ketones is 1. The van der Waals surface area contributed by atoms with E-state index in [1.807, 2.05) is 0 Å². The molecule has 0 aromatic heterocycles. The summed E-state index contributed by atoms with van der Waals surface area (Å²) in [4.78, 5) is 34.8. The topological polar surface area (TPSA) is 111 Å². The van der Waals surface area contributed by atoms with Crippen molar-refractivity contribution in [2.45, 2.75) is 18.1 Å². The summed E-state index contributed by atoms with van der Waals surface area (Å²) in [6.45, 7) is 0.0972. The zero-order chi connectivity index (χ0) is 14.5. The average molecular weight is 281 g/mol. The molecule has 3 amide bonds. The number of ether oxygens (including phenoxy) is 1. The van der Waals surface area contributed by atoms with Crippen molar-refractivity contribution in [2.75, 3.05) is 6.54 Å². The number of amides is 3. The first-order valence-corrected chi connectivity index (χ1v) is 6.06. The summed E-state index contributed by atoms with van der Waals surface area (Å²) >= 11 is 0. The Labute approximate surface area is 113 Å². The molecule has 0 aromatic carbocycles. The van der Waals surface area contributed by atoms with E-state index in [-0.39, 0.29) is 18.7 Å². The van der Waals surface area contributed by atoms with Crippen molar-refractivity contribution in [1.82, 2.24) is 10.6 Å². The molecular formula is C12H12FN3O4. The Bertz CT molecular complexity index is 585. The molecule has 2 fully saturated rings. The second-order valence-corrected chi connectivity index (χ2v) is 5.06. The molecule has 8 heteroatoms. The van der Waals surface area contributed by atoms with Crippen LogP contribution in [0.1, 0.15) is 6.42 Å². The Morgan fingerprint density at radius 2 is 2.20 bits per heavy atom. The van der Waals surface area contributed by atoms with Gasteiger partial charge < -0.3 is 21.1 Å². The maximum atomic E-state index is 13.5.